The summed E-state index contributed by atoms with van der Waals surface area (Å²) in [7, 11) is 1.77. The fourth-order valence-corrected chi connectivity index (χ4v) is 2.77. The Kier molecular flexibility index (Phi) is 4.43. The molecule has 4 heteroatoms. The van der Waals surface area contributed by atoms with Gasteiger partial charge in [0.05, 0.1) is 11.5 Å². The fraction of sp³-hybridized carbons (Fsp3) is 0.562. The number of rotatable bonds is 5. The second-order valence-electron chi connectivity index (χ2n) is 5.81. The summed E-state index contributed by atoms with van der Waals surface area (Å²) in [5, 5.41) is 9.32. The van der Waals surface area contributed by atoms with Crippen molar-refractivity contribution in [1.29, 1.82) is 0 Å². The van der Waals surface area contributed by atoms with E-state index in [2.05, 4.69) is 0 Å². The average molecular weight is 279 g/mol. The zero-order valence-corrected chi connectivity index (χ0v) is 12.1. The highest BCUT2D eigenvalue weighted by atomic mass is 19.1. The standard InChI is InChI=1S/C16H22FNO2/c1-12(19)8-11-18(2)15(20)16(9-3-10-16)13-4-6-14(17)7-5-13/h4-7,12,19H,3,8-11H2,1-2H3. The van der Waals surface area contributed by atoms with Crippen molar-refractivity contribution in [3.63, 3.8) is 0 Å². The predicted octanol–water partition coefficient (Wildman–Crippen LogP) is 2.48. The summed E-state index contributed by atoms with van der Waals surface area (Å²) in [6, 6.07) is 6.26. The van der Waals surface area contributed by atoms with Gasteiger partial charge in [-0.15, -0.1) is 0 Å². The van der Waals surface area contributed by atoms with Crippen LogP contribution in [0.3, 0.4) is 0 Å². The van der Waals surface area contributed by atoms with Gasteiger partial charge in [-0.3, -0.25) is 4.79 Å². The zero-order valence-electron chi connectivity index (χ0n) is 12.1. The number of amides is 1. The Morgan fingerprint density at radius 2 is 2.00 bits per heavy atom. The lowest BCUT2D eigenvalue weighted by Crippen LogP contribution is -2.50. The maximum absolute atomic E-state index is 13.0. The molecule has 1 N–H and O–H groups in total. The maximum atomic E-state index is 13.0. The first-order chi connectivity index (χ1) is 9.45. The molecule has 0 saturated heterocycles. The number of benzene rings is 1. The Bertz CT molecular complexity index is 466. The molecule has 1 saturated carbocycles. The first-order valence-electron chi connectivity index (χ1n) is 7.15. The monoisotopic (exact) mass is 279 g/mol. The van der Waals surface area contributed by atoms with E-state index in [0.717, 1.165) is 24.8 Å². The first kappa shape index (κ1) is 15.0. The molecule has 3 nitrogen and oxygen atoms in total. The minimum Gasteiger partial charge on any atom is -0.393 e. The van der Waals surface area contributed by atoms with Gasteiger partial charge in [0.25, 0.3) is 0 Å². The molecule has 0 aromatic heterocycles. The third kappa shape index (κ3) is 2.85. The number of hydrogen-bond donors (Lipinski definition) is 1. The van der Waals surface area contributed by atoms with Gasteiger partial charge in [-0.1, -0.05) is 18.6 Å². The first-order valence-corrected chi connectivity index (χ1v) is 7.15. The van der Waals surface area contributed by atoms with Crippen LogP contribution < -0.4 is 0 Å². The van der Waals surface area contributed by atoms with E-state index in [1.807, 2.05) is 0 Å². The van der Waals surface area contributed by atoms with E-state index >= 15 is 0 Å². The van der Waals surface area contributed by atoms with Gasteiger partial charge in [0.1, 0.15) is 5.82 Å². The Morgan fingerprint density at radius 3 is 2.45 bits per heavy atom. The highest BCUT2D eigenvalue weighted by molar-refractivity contribution is 5.89. The smallest absolute Gasteiger partial charge is 0.232 e. The summed E-state index contributed by atoms with van der Waals surface area (Å²) in [5.74, 6) is -0.200. The molecule has 0 bridgehead atoms. The molecule has 1 fully saturated rings. The second-order valence-corrected chi connectivity index (χ2v) is 5.81. The Labute approximate surface area is 119 Å². The van der Waals surface area contributed by atoms with Crippen LogP contribution in [0.4, 0.5) is 4.39 Å². The van der Waals surface area contributed by atoms with E-state index in [4.69, 9.17) is 0 Å². The topological polar surface area (TPSA) is 40.5 Å². The van der Waals surface area contributed by atoms with Crippen LogP contribution in [-0.4, -0.2) is 35.6 Å². The van der Waals surface area contributed by atoms with E-state index in [1.165, 1.54) is 12.1 Å². The van der Waals surface area contributed by atoms with Crippen LogP contribution in [0.5, 0.6) is 0 Å². The van der Waals surface area contributed by atoms with E-state index in [-0.39, 0.29) is 11.7 Å². The molecule has 0 spiro atoms. The van der Waals surface area contributed by atoms with E-state index < -0.39 is 11.5 Å². The van der Waals surface area contributed by atoms with Crippen molar-refractivity contribution in [3.05, 3.63) is 35.6 Å². The minimum atomic E-state index is -0.485. The van der Waals surface area contributed by atoms with Crippen molar-refractivity contribution in [2.24, 2.45) is 0 Å². The maximum Gasteiger partial charge on any atom is 0.232 e. The Balaban J connectivity index is 2.14. The number of aliphatic hydroxyl groups excluding tert-OH is 1. The molecule has 1 aliphatic carbocycles. The summed E-state index contributed by atoms with van der Waals surface area (Å²) < 4.78 is 13.0. The van der Waals surface area contributed by atoms with Gasteiger partial charge in [0.2, 0.25) is 5.91 Å². The normalized spacial score (nSPS) is 18.2. The van der Waals surface area contributed by atoms with Crippen molar-refractivity contribution in [1.82, 2.24) is 4.90 Å². The molecule has 1 aromatic carbocycles. The molecular formula is C16H22FNO2. The molecule has 1 aromatic rings. The summed E-state index contributed by atoms with van der Waals surface area (Å²) in [6.07, 6.45) is 2.82. The van der Waals surface area contributed by atoms with E-state index in [0.29, 0.717) is 13.0 Å². The summed E-state index contributed by atoms with van der Waals surface area (Å²) in [4.78, 5) is 14.4. The van der Waals surface area contributed by atoms with Gasteiger partial charge in [-0.05, 0) is 43.9 Å². The number of nitrogens with zero attached hydrogens (tertiary/aromatic N) is 1. The molecule has 2 rings (SSSR count). The minimum absolute atomic E-state index is 0.0796. The van der Waals surface area contributed by atoms with Crippen LogP contribution in [0.2, 0.25) is 0 Å². The van der Waals surface area contributed by atoms with Crippen LogP contribution in [-0.2, 0) is 10.2 Å². The lowest BCUT2D eigenvalue weighted by Gasteiger charge is -2.43. The number of likely N-dealkylation sites (N-methyl/N-ethyl adjacent to an activating group) is 1. The van der Waals surface area contributed by atoms with Crippen molar-refractivity contribution in [2.75, 3.05) is 13.6 Å². The average Bonchev–Trinajstić information content (AvgIpc) is 2.36. The Morgan fingerprint density at radius 1 is 1.40 bits per heavy atom. The van der Waals surface area contributed by atoms with Crippen molar-refractivity contribution < 1.29 is 14.3 Å². The summed E-state index contributed by atoms with van der Waals surface area (Å²) in [6.45, 7) is 2.26. The number of hydrogen-bond acceptors (Lipinski definition) is 2. The van der Waals surface area contributed by atoms with Crippen LogP contribution in [0.1, 0.15) is 38.2 Å². The SMILES string of the molecule is CC(O)CCN(C)C(=O)C1(c2ccc(F)cc2)CCC1. The molecule has 1 aliphatic rings. The van der Waals surface area contributed by atoms with Crippen LogP contribution in [0, 0.1) is 5.82 Å². The molecule has 1 amide bonds. The second kappa shape index (κ2) is 5.92. The van der Waals surface area contributed by atoms with E-state index in [1.54, 1.807) is 31.0 Å². The van der Waals surface area contributed by atoms with Gasteiger partial charge < -0.3 is 10.0 Å². The Hall–Kier alpha value is -1.42. The fourth-order valence-electron chi connectivity index (χ4n) is 2.77. The summed E-state index contributed by atoms with van der Waals surface area (Å²) >= 11 is 0. The number of aliphatic hydroxyl groups is 1. The molecule has 1 atom stereocenters. The van der Waals surface area contributed by atoms with Crippen LogP contribution >= 0.6 is 0 Å². The molecule has 1 unspecified atom stereocenters. The van der Waals surface area contributed by atoms with E-state index in [9.17, 15) is 14.3 Å². The number of carbonyl (C=O) groups excluding carboxylic acids is 1. The van der Waals surface area contributed by atoms with Crippen molar-refractivity contribution >= 4 is 5.91 Å². The van der Waals surface area contributed by atoms with Crippen molar-refractivity contribution in [2.45, 2.75) is 44.1 Å². The third-order valence-electron chi connectivity index (χ3n) is 4.24. The quantitative estimate of drug-likeness (QED) is 0.899. The molecule has 0 heterocycles. The van der Waals surface area contributed by atoms with Gasteiger partial charge in [0.15, 0.2) is 0 Å². The molecule has 110 valence electrons. The highest BCUT2D eigenvalue weighted by Crippen LogP contribution is 2.45. The lowest BCUT2D eigenvalue weighted by atomic mass is 9.63. The van der Waals surface area contributed by atoms with Gasteiger partial charge >= 0.3 is 0 Å². The number of carbonyl (C=O) groups is 1. The largest absolute Gasteiger partial charge is 0.393 e. The number of halogens is 1. The van der Waals surface area contributed by atoms with Gasteiger partial charge in [-0.2, -0.15) is 0 Å². The van der Waals surface area contributed by atoms with Crippen molar-refractivity contribution in [3.8, 4) is 0 Å². The van der Waals surface area contributed by atoms with Gasteiger partial charge in [-0.25, -0.2) is 4.39 Å². The molecule has 0 aliphatic heterocycles. The highest BCUT2D eigenvalue weighted by Gasteiger charge is 2.46. The zero-order chi connectivity index (χ0) is 14.8. The van der Waals surface area contributed by atoms with Crippen LogP contribution in [0.15, 0.2) is 24.3 Å². The molecule has 20 heavy (non-hydrogen) atoms. The van der Waals surface area contributed by atoms with Crippen LogP contribution in [0.25, 0.3) is 0 Å². The summed E-state index contributed by atoms with van der Waals surface area (Å²) in [5.41, 5.74) is 0.417. The van der Waals surface area contributed by atoms with Gasteiger partial charge in [0, 0.05) is 13.6 Å². The predicted molar refractivity (Wildman–Crippen MR) is 75.9 cm³/mol. The third-order valence-corrected chi connectivity index (χ3v) is 4.24. The molecular weight excluding hydrogens is 257 g/mol. The molecule has 0 radical (unpaired) electrons. The lowest BCUT2D eigenvalue weighted by molar-refractivity contribution is -0.139.